The second-order valence-electron chi connectivity index (χ2n) is 7.94. The molecule has 1 saturated carbocycles. The highest BCUT2D eigenvalue weighted by atomic mass is 16.5. The van der Waals surface area contributed by atoms with E-state index in [9.17, 15) is 9.90 Å². The summed E-state index contributed by atoms with van der Waals surface area (Å²) in [7, 11) is 0. The SMILES string of the molecule is CC1CCC2(C)OC(C3=CCOC3=O)C[C@H]2C1CC[C@@H](O)CCO. The molecule has 0 aromatic rings. The maximum absolute atomic E-state index is 11.9. The van der Waals surface area contributed by atoms with Crippen LogP contribution >= 0.6 is 0 Å². The Morgan fingerprint density at radius 2 is 2.21 bits per heavy atom. The molecule has 0 aromatic heterocycles. The number of aliphatic hydroxyl groups is 2. The fourth-order valence-corrected chi connectivity index (χ4v) is 4.93. The second kappa shape index (κ2) is 7.14. The minimum Gasteiger partial charge on any atom is -0.458 e. The van der Waals surface area contributed by atoms with Gasteiger partial charge in [-0.05, 0) is 69.3 Å². The van der Waals surface area contributed by atoms with E-state index in [4.69, 9.17) is 14.6 Å². The molecule has 24 heavy (non-hydrogen) atoms. The number of hydrogen-bond acceptors (Lipinski definition) is 5. The molecule has 0 spiro atoms. The van der Waals surface area contributed by atoms with Crippen LogP contribution < -0.4 is 0 Å². The first kappa shape index (κ1) is 17.9. The zero-order valence-electron chi connectivity index (χ0n) is 14.7. The van der Waals surface area contributed by atoms with Crippen molar-refractivity contribution in [2.45, 2.75) is 70.2 Å². The van der Waals surface area contributed by atoms with E-state index in [1.54, 1.807) is 0 Å². The number of ether oxygens (including phenoxy) is 2. The Morgan fingerprint density at radius 1 is 1.42 bits per heavy atom. The van der Waals surface area contributed by atoms with E-state index < -0.39 is 6.10 Å². The van der Waals surface area contributed by atoms with E-state index in [0.29, 0.717) is 36.4 Å². The molecule has 5 heteroatoms. The zero-order chi connectivity index (χ0) is 17.3. The summed E-state index contributed by atoms with van der Waals surface area (Å²) in [6, 6.07) is 0. The molecule has 136 valence electrons. The lowest BCUT2D eigenvalue weighted by Crippen LogP contribution is -2.43. The van der Waals surface area contributed by atoms with Crippen molar-refractivity contribution in [3.05, 3.63) is 11.6 Å². The van der Waals surface area contributed by atoms with Crippen molar-refractivity contribution >= 4 is 5.97 Å². The molecular weight excluding hydrogens is 308 g/mol. The van der Waals surface area contributed by atoms with Gasteiger partial charge < -0.3 is 19.7 Å². The van der Waals surface area contributed by atoms with Crippen LogP contribution in [0.5, 0.6) is 0 Å². The smallest absolute Gasteiger partial charge is 0.336 e. The minimum atomic E-state index is -0.430. The zero-order valence-corrected chi connectivity index (χ0v) is 14.7. The molecule has 4 unspecified atom stereocenters. The number of hydrogen-bond donors (Lipinski definition) is 2. The monoisotopic (exact) mass is 338 g/mol. The molecule has 3 rings (SSSR count). The summed E-state index contributed by atoms with van der Waals surface area (Å²) in [5.41, 5.74) is 0.505. The topological polar surface area (TPSA) is 76.0 Å². The predicted molar refractivity (Wildman–Crippen MR) is 89.3 cm³/mol. The lowest BCUT2D eigenvalue weighted by Gasteiger charge is -2.44. The average molecular weight is 338 g/mol. The summed E-state index contributed by atoms with van der Waals surface area (Å²) in [5, 5.41) is 18.9. The van der Waals surface area contributed by atoms with E-state index in [-0.39, 0.29) is 24.3 Å². The molecule has 0 amide bonds. The van der Waals surface area contributed by atoms with Crippen LogP contribution in [0.2, 0.25) is 0 Å². The molecule has 0 radical (unpaired) electrons. The van der Waals surface area contributed by atoms with Crippen molar-refractivity contribution in [3.63, 3.8) is 0 Å². The molecule has 2 heterocycles. The first-order valence-corrected chi connectivity index (χ1v) is 9.28. The molecule has 6 atom stereocenters. The first-order chi connectivity index (χ1) is 11.4. The van der Waals surface area contributed by atoms with E-state index in [1.807, 2.05) is 6.08 Å². The molecule has 1 aliphatic carbocycles. The highest BCUT2D eigenvalue weighted by Gasteiger charge is 2.53. The molecule has 2 N–H and O–H groups in total. The quantitative estimate of drug-likeness (QED) is 0.726. The van der Waals surface area contributed by atoms with Gasteiger partial charge in [0.05, 0.1) is 23.4 Å². The highest BCUT2D eigenvalue weighted by Crippen LogP contribution is 2.53. The van der Waals surface area contributed by atoms with E-state index >= 15 is 0 Å². The summed E-state index contributed by atoms with van der Waals surface area (Å²) in [5.74, 6) is 1.25. The molecule has 2 aliphatic heterocycles. The van der Waals surface area contributed by atoms with Gasteiger partial charge >= 0.3 is 5.97 Å². The number of carbonyl (C=O) groups is 1. The lowest BCUT2D eigenvalue weighted by molar-refractivity contribution is -0.138. The molecular formula is C19H30O5. The Kier molecular flexibility index (Phi) is 5.33. The van der Waals surface area contributed by atoms with Crippen LogP contribution in [0.15, 0.2) is 11.6 Å². The van der Waals surface area contributed by atoms with Crippen molar-refractivity contribution in [1.82, 2.24) is 0 Å². The van der Waals surface area contributed by atoms with Crippen molar-refractivity contribution in [1.29, 1.82) is 0 Å². The Labute approximate surface area is 144 Å². The number of rotatable bonds is 6. The fourth-order valence-electron chi connectivity index (χ4n) is 4.93. The summed E-state index contributed by atoms with van der Waals surface area (Å²) in [4.78, 5) is 11.9. The van der Waals surface area contributed by atoms with Crippen LogP contribution in [0.1, 0.15) is 52.4 Å². The molecule has 5 nitrogen and oxygen atoms in total. The number of fused-ring (bicyclic) bond motifs is 1. The van der Waals surface area contributed by atoms with Crippen molar-refractivity contribution in [3.8, 4) is 0 Å². The summed E-state index contributed by atoms with van der Waals surface area (Å²) < 4.78 is 11.4. The van der Waals surface area contributed by atoms with Gasteiger partial charge in [0, 0.05) is 6.61 Å². The number of carbonyl (C=O) groups excluding carboxylic acids is 1. The third kappa shape index (κ3) is 3.39. The van der Waals surface area contributed by atoms with Crippen LogP contribution in [-0.2, 0) is 14.3 Å². The molecule has 0 aromatic carbocycles. The van der Waals surface area contributed by atoms with Gasteiger partial charge in [0.2, 0.25) is 0 Å². The van der Waals surface area contributed by atoms with E-state index in [1.165, 1.54) is 0 Å². The normalized spacial score (nSPS) is 40.2. The number of aliphatic hydroxyl groups excluding tert-OH is 2. The van der Waals surface area contributed by atoms with Crippen LogP contribution in [0.4, 0.5) is 0 Å². The van der Waals surface area contributed by atoms with Crippen LogP contribution in [0.3, 0.4) is 0 Å². The molecule has 0 bridgehead atoms. The van der Waals surface area contributed by atoms with Gasteiger partial charge in [0.15, 0.2) is 0 Å². The number of esters is 1. The van der Waals surface area contributed by atoms with E-state index in [0.717, 1.165) is 32.1 Å². The van der Waals surface area contributed by atoms with Gasteiger partial charge in [-0.3, -0.25) is 0 Å². The van der Waals surface area contributed by atoms with E-state index in [2.05, 4.69) is 13.8 Å². The average Bonchev–Trinajstić information content (AvgIpc) is 3.10. The van der Waals surface area contributed by atoms with Crippen LogP contribution in [0.25, 0.3) is 0 Å². The lowest BCUT2D eigenvalue weighted by atomic mass is 9.63. The molecule has 3 aliphatic rings. The van der Waals surface area contributed by atoms with Crippen LogP contribution in [0, 0.1) is 17.8 Å². The van der Waals surface area contributed by atoms with Crippen molar-refractivity contribution in [2.75, 3.05) is 13.2 Å². The summed E-state index contributed by atoms with van der Waals surface area (Å²) >= 11 is 0. The Bertz CT molecular complexity index is 502. The van der Waals surface area contributed by atoms with Crippen LogP contribution in [-0.4, -0.2) is 47.2 Å². The third-order valence-corrected chi connectivity index (χ3v) is 6.40. The molecule has 1 saturated heterocycles. The fraction of sp³-hybridized carbons (Fsp3) is 0.842. The predicted octanol–water partition coefficient (Wildman–Crippen LogP) is 2.20. The minimum absolute atomic E-state index is 0.0317. The van der Waals surface area contributed by atoms with Gasteiger partial charge in [-0.25, -0.2) is 4.79 Å². The Hall–Kier alpha value is -0.910. The Balaban J connectivity index is 1.70. The number of cyclic esters (lactones) is 1. The van der Waals surface area contributed by atoms with Gasteiger partial charge in [-0.1, -0.05) is 6.92 Å². The Morgan fingerprint density at radius 3 is 2.88 bits per heavy atom. The van der Waals surface area contributed by atoms with Crippen molar-refractivity contribution in [2.24, 2.45) is 17.8 Å². The molecule has 2 fully saturated rings. The highest BCUT2D eigenvalue weighted by molar-refractivity contribution is 5.91. The summed E-state index contributed by atoms with van der Waals surface area (Å²) in [6.07, 6.45) is 6.39. The van der Waals surface area contributed by atoms with Crippen molar-refractivity contribution < 1.29 is 24.5 Å². The maximum Gasteiger partial charge on any atom is 0.336 e. The van der Waals surface area contributed by atoms with Gasteiger partial charge in [0.1, 0.15) is 6.61 Å². The van der Waals surface area contributed by atoms with Gasteiger partial charge in [-0.15, -0.1) is 0 Å². The maximum atomic E-state index is 11.9. The van der Waals surface area contributed by atoms with Gasteiger partial charge in [-0.2, -0.15) is 0 Å². The van der Waals surface area contributed by atoms with Gasteiger partial charge in [0.25, 0.3) is 0 Å². The first-order valence-electron chi connectivity index (χ1n) is 9.28. The standard InChI is InChI=1S/C19H30O5/c1-12-5-8-19(2)16(14(12)4-3-13(21)6-9-20)11-17(24-19)15-7-10-23-18(15)22/h7,12-14,16-17,20-21H,3-6,8-11H2,1-2H3/t12?,13-,14?,16+,17?,19?/m1/s1. The largest absolute Gasteiger partial charge is 0.458 e. The third-order valence-electron chi connectivity index (χ3n) is 6.40. The second-order valence-corrected chi connectivity index (χ2v) is 7.94. The summed E-state index contributed by atoms with van der Waals surface area (Å²) in [6.45, 7) is 4.87.